The van der Waals surface area contributed by atoms with E-state index in [0.29, 0.717) is 17.2 Å². The van der Waals surface area contributed by atoms with Crippen LogP contribution in [0, 0.1) is 0 Å². The fourth-order valence-electron chi connectivity index (χ4n) is 4.12. The fraction of sp³-hybridized carbons (Fsp3) is 0.231. The molecule has 9 nitrogen and oxygen atoms in total. The molecule has 1 fully saturated rings. The Morgan fingerprint density at radius 3 is 2.63 bits per heavy atom. The Balaban J connectivity index is 1.20. The quantitative estimate of drug-likeness (QED) is 0.428. The minimum absolute atomic E-state index is 0.316. The first-order valence-electron chi connectivity index (χ1n) is 11.5. The summed E-state index contributed by atoms with van der Waals surface area (Å²) in [5, 5.41) is 9.91. The number of hydrogen-bond donors (Lipinski definition) is 2. The third-order valence-corrected chi connectivity index (χ3v) is 6.03. The van der Waals surface area contributed by atoms with Crippen LogP contribution in [0.4, 0.5) is 11.6 Å². The summed E-state index contributed by atoms with van der Waals surface area (Å²) in [6, 6.07) is 21.5. The highest BCUT2D eigenvalue weighted by atomic mass is 16.5. The van der Waals surface area contributed by atoms with Crippen molar-refractivity contribution in [1.82, 2.24) is 25.1 Å². The molecule has 1 aliphatic rings. The number of aromatic nitrogens is 4. The molecule has 2 aromatic carbocycles. The molecular formula is C26H27N7O2. The molecule has 2 N–H and O–H groups in total. The minimum atomic E-state index is -0.316. The lowest BCUT2D eigenvalue weighted by Crippen LogP contribution is -2.46. The summed E-state index contributed by atoms with van der Waals surface area (Å²) in [5.74, 6) is 1.66. The zero-order valence-corrected chi connectivity index (χ0v) is 19.5. The van der Waals surface area contributed by atoms with Gasteiger partial charge in [0.05, 0.1) is 12.8 Å². The summed E-state index contributed by atoms with van der Waals surface area (Å²) >= 11 is 0. The number of H-pyrrole nitrogens is 1. The SMILES string of the molecule is COc1cccc(-c2cc(C(=O)Nc3cc(N4CCN(Cc5ccccc5)CC4)ncn3)[nH]n2)c1. The summed E-state index contributed by atoms with van der Waals surface area (Å²) in [6.07, 6.45) is 1.48. The summed E-state index contributed by atoms with van der Waals surface area (Å²) in [4.78, 5) is 26.1. The van der Waals surface area contributed by atoms with Crippen molar-refractivity contribution in [2.75, 3.05) is 43.5 Å². The summed E-state index contributed by atoms with van der Waals surface area (Å²) in [7, 11) is 1.61. The van der Waals surface area contributed by atoms with Crippen LogP contribution >= 0.6 is 0 Å². The number of carbonyl (C=O) groups is 1. The zero-order valence-electron chi connectivity index (χ0n) is 19.5. The molecule has 0 atom stereocenters. The third-order valence-electron chi connectivity index (χ3n) is 6.03. The van der Waals surface area contributed by atoms with Crippen molar-refractivity contribution in [1.29, 1.82) is 0 Å². The van der Waals surface area contributed by atoms with E-state index in [2.05, 4.69) is 59.5 Å². The fourth-order valence-corrected chi connectivity index (χ4v) is 4.12. The van der Waals surface area contributed by atoms with Crippen molar-refractivity contribution in [2.45, 2.75) is 6.54 Å². The van der Waals surface area contributed by atoms with Crippen LogP contribution in [0.5, 0.6) is 5.75 Å². The van der Waals surface area contributed by atoms with Crippen molar-refractivity contribution in [3.05, 3.63) is 84.3 Å². The molecule has 1 saturated heterocycles. The molecule has 0 saturated carbocycles. The first-order valence-corrected chi connectivity index (χ1v) is 11.5. The molecule has 1 aliphatic heterocycles. The molecule has 2 aromatic heterocycles. The predicted octanol–water partition coefficient (Wildman–Crippen LogP) is 3.45. The summed E-state index contributed by atoms with van der Waals surface area (Å²) < 4.78 is 5.27. The highest BCUT2D eigenvalue weighted by molar-refractivity contribution is 6.03. The summed E-state index contributed by atoms with van der Waals surface area (Å²) in [5.41, 5.74) is 3.18. The number of methoxy groups -OCH3 is 1. The Morgan fingerprint density at radius 1 is 1.00 bits per heavy atom. The Morgan fingerprint density at radius 2 is 1.83 bits per heavy atom. The topological polar surface area (TPSA) is 99.3 Å². The maximum absolute atomic E-state index is 12.8. The molecule has 0 spiro atoms. The van der Waals surface area contributed by atoms with E-state index in [-0.39, 0.29) is 5.91 Å². The molecule has 0 radical (unpaired) electrons. The third kappa shape index (κ3) is 5.47. The Bertz CT molecular complexity index is 1280. The molecule has 35 heavy (non-hydrogen) atoms. The van der Waals surface area contributed by atoms with Gasteiger partial charge in [0.2, 0.25) is 0 Å². The maximum atomic E-state index is 12.8. The van der Waals surface area contributed by atoms with Crippen LogP contribution in [0.1, 0.15) is 16.1 Å². The average molecular weight is 470 g/mol. The molecule has 9 heteroatoms. The number of carbonyl (C=O) groups excluding carboxylic acids is 1. The molecule has 0 bridgehead atoms. The van der Waals surface area contributed by atoms with E-state index in [9.17, 15) is 4.79 Å². The van der Waals surface area contributed by atoms with Gasteiger partial charge in [0.1, 0.15) is 29.4 Å². The van der Waals surface area contributed by atoms with Crippen LogP contribution in [0.3, 0.4) is 0 Å². The van der Waals surface area contributed by atoms with Gasteiger partial charge in [-0.05, 0) is 23.8 Å². The van der Waals surface area contributed by atoms with Gasteiger partial charge in [-0.1, -0.05) is 42.5 Å². The second kappa shape index (κ2) is 10.4. The Labute approximate surface area is 203 Å². The number of ether oxygens (including phenoxy) is 1. The zero-order chi connectivity index (χ0) is 24.0. The molecule has 5 rings (SSSR count). The maximum Gasteiger partial charge on any atom is 0.274 e. The highest BCUT2D eigenvalue weighted by Crippen LogP contribution is 2.23. The first kappa shape index (κ1) is 22.5. The van der Waals surface area contributed by atoms with Gasteiger partial charge in [-0.25, -0.2) is 9.97 Å². The predicted molar refractivity (Wildman–Crippen MR) is 134 cm³/mol. The van der Waals surface area contributed by atoms with Crippen LogP contribution in [0.2, 0.25) is 0 Å². The second-order valence-corrected chi connectivity index (χ2v) is 8.36. The molecular weight excluding hydrogens is 442 g/mol. The molecule has 0 aliphatic carbocycles. The average Bonchev–Trinajstić information content (AvgIpc) is 3.41. The molecule has 1 amide bonds. The number of piperazine rings is 1. The number of rotatable bonds is 7. The van der Waals surface area contributed by atoms with Crippen LogP contribution in [-0.2, 0) is 6.54 Å². The lowest BCUT2D eigenvalue weighted by atomic mass is 10.1. The number of nitrogens with one attached hydrogen (secondary N) is 2. The summed E-state index contributed by atoms with van der Waals surface area (Å²) in [6.45, 7) is 4.56. The van der Waals surface area contributed by atoms with E-state index in [1.54, 1.807) is 13.2 Å². The smallest absolute Gasteiger partial charge is 0.274 e. The van der Waals surface area contributed by atoms with E-state index < -0.39 is 0 Å². The van der Waals surface area contributed by atoms with Crippen molar-refractivity contribution < 1.29 is 9.53 Å². The Hall–Kier alpha value is -4.24. The van der Waals surface area contributed by atoms with Gasteiger partial charge in [0.15, 0.2) is 0 Å². The van der Waals surface area contributed by atoms with Gasteiger partial charge < -0.3 is 15.0 Å². The van der Waals surface area contributed by atoms with Gasteiger partial charge in [0, 0.05) is 44.4 Å². The van der Waals surface area contributed by atoms with Gasteiger partial charge in [0.25, 0.3) is 5.91 Å². The number of anilines is 2. The molecule has 3 heterocycles. The first-order chi connectivity index (χ1) is 17.2. The minimum Gasteiger partial charge on any atom is -0.497 e. The highest BCUT2D eigenvalue weighted by Gasteiger charge is 2.19. The van der Waals surface area contributed by atoms with E-state index in [1.807, 2.05) is 36.4 Å². The van der Waals surface area contributed by atoms with Crippen LogP contribution in [-0.4, -0.2) is 64.3 Å². The number of benzene rings is 2. The van der Waals surface area contributed by atoms with Crippen molar-refractivity contribution >= 4 is 17.5 Å². The number of aromatic amines is 1. The molecule has 178 valence electrons. The molecule has 0 unspecified atom stereocenters. The molecule has 4 aromatic rings. The van der Waals surface area contributed by atoms with Gasteiger partial charge in [-0.2, -0.15) is 5.10 Å². The van der Waals surface area contributed by atoms with Crippen molar-refractivity contribution in [2.24, 2.45) is 0 Å². The van der Waals surface area contributed by atoms with Crippen molar-refractivity contribution in [3.8, 4) is 17.0 Å². The second-order valence-electron chi connectivity index (χ2n) is 8.36. The van der Waals surface area contributed by atoms with Gasteiger partial charge >= 0.3 is 0 Å². The number of amides is 1. The lowest BCUT2D eigenvalue weighted by Gasteiger charge is -2.35. The van der Waals surface area contributed by atoms with E-state index in [0.717, 1.165) is 49.9 Å². The van der Waals surface area contributed by atoms with Crippen LogP contribution in [0.15, 0.2) is 73.1 Å². The van der Waals surface area contributed by atoms with Crippen LogP contribution in [0.25, 0.3) is 11.3 Å². The van der Waals surface area contributed by atoms with E-state index in [1.165, 1.54) is 11.9 Å². The van der Waals surface area contributed by atoms with Crippen molar-refractivity contribution in [3.63, 3.8) is 0 Å². The number of nitrogens with zero attached hydrogens (tertiary/aromatic N) is 5. The Kier molecular flexibility index (Phi) is 6.67. The van der Waals surface area contributed by atoms with E-state index >= 15 is 0 Å². The van der Waals surface area contributed by atoms with Crippen LogP contribution < -0.4 is 15.0 Å². The lowest BCUT2D eigenvalue weighted by molar-refractivity contribution is 0.102. The van der Waals surface area contributed by atoms with Gasteiger partial charge in [-0.15, -0.1) is 0 Å². The van der Waals surface area contributed by atoms with Gasteiger partial charge in [-0.3, -0.25) is 14.8 Å². The number of hydrogen-bond acceptors (Lipinski definition) is 7. The monoisotopic (exact) mass is 469 g/mol. The standard InChI is InChI=1S/C26H27N7O2/c1-35-21-9-5-8-20(14-21)22-15-23(31-30-22)26(34)29-24-16-25(28-18-27-24)33-12-10-32(11-13-33)17-19-6-3-2-4-7-19/h2-9,14-16,18H,10-13,17H2,1H3,(H,30,31)(H,27,28,29,34). The largest absolute Gasteiger partial charge is 0.497 e. The van der Waals surface area contributed by atoms with E-state index in [4.69, 9.17) is 4.74 Å². The normalized spacial score (nSPS) is 14.0.